The molecule has 4 rings (SSSR count). The molecule has 1 fully saturated rings. The Morgan fingerprint density at radius 1 is 1.23 bits per heavy atom. The number of esters is 1. The van der Waals surface area contributed by atoms with Crippen molar-refractivity contribution in [3.63, 3.8) is 0 Å². The molecule has 1 saturated heterocycles. The first-order valence-corrected chi connectivity index (χ1v) is 9.38. The van der Waals surface area contributed by atoms with Crippen molar-refractivity contribution in [3.05, 3.63) is 47.0 Å². The number of pyridine rings is 1. The summed E-state index contributed by atoms with van der Waals surface area (Å²) in [5.74, 6) is -1.32. The van der Waals surface area contributed by atoms with E-state index in [0.29, 0.717) is 17.7 Å². The van der Waals surface area contributed by atoms with Gasteiger partial charge in [-0.3, -0.25) is 4.79 Å². The fourth-order valence-corrected chi connectivity index (χ4v) is 3.49. The van der Waals surface area contributed by atoms with E-state index in [1.807, 2.05) is 13.8 Å². The molecule has 0 saturated carbocycles. The monoisotopic (exact) mass is 418 g/mol. The fraction of sp³-hybridized carbons (Fsp3) is 0.381. The molecular formula is C21H20F2N2O5. The summed E-state index contributed by atoms with van der Waals surface area (Å²) >= 11 is 0. The first-order valence-electron chi connectivity index (χ1n) is 9.38. The maximum absolute atomic E-state index is 13.9. The van der Waals surface area contributed by atoms with Gasteiger partial charge in [-0.25, -0.2) is 18.6 Å². The van der Waals surface area contributed by atoms with Crippen LogP contribution in [0.1, 0.15) is 40.3 Å². The Labute approximate surface area is 171 Å². The Hall–Kier alpha value is -3.23. The standard InChI is InChI=1S/C21H20F2N2O5/c1-21(2)7-14-15(4-11(20(27)28-3)5-16(14)30-21)29-17-6-12(22)8-24-18(17)19(26)25-9-13(23)10-25/h4-6,8,13H,7,9-10H2,1-3H3. The third-order valence-electron chi connectivity index (χ3n) is 4.94. The number of amides is 1. The van der Waals surface area contributed by atoms with Crippen LogP contribution in [0, 0.1) is 5.82 Å². The number of ether oxygens (including phenoxy) is 3. The highest BCUT2D eigenvalue weighted by molar-refractivity contribution is 5.95. The molecule has 0 unspecified atom stereocenters. The number of likely N-dealkylation sites (tertiary alicyclic amines) is 1. The Kier molecular flexibility index (Phi) is 4.83. The van der Waals surface area contributed by atoms with Crippen LogP contribution in [0.5, 0.6) is 17.2 Å². The predicted octanol–water partition coefficient (Wildman–Crippen LogP) is 3.31. The van der Waals surface area contributed by atoms with Crippen molar-refractivity contribution >= 4 is 11.9 Å². The predicted molar refractivity (Wildman–Crippen MR) is 101 cm³/mol. The lowest BCUT2D eigenvalue weighted by Crippen LogP contribution is -2.51. The van der Waals surface area contributed by atoms with Crippen LogP contribution in [0.25, 0.3) is 0 Å². The largest absolute Gasteiger partial charge is 0.487 e. The van der Waals surface area contributed by atoms with Gasteiger partial charge in [-0.2, -0.15) is 0 Å². The second-order valence-corrected chi connectivity index (χ2v) is 7.89. The van der Waals surface area contributed by atoms with Crippen molar-refractivity contribution in [3.8, 4) is 17.2 Å². The molecule has 2 aliphatic rings. The van der Waals surface area contributed by atoms with Crippen LogP contribution in [-0.2, 0) is 11.2 Å². The van der Waals surface area contributed by atoms with Gasteiger partial charge in [0.25, 0.3) is 5.91 Å². The van der Waals surface area contributed by atoms with Gasteiger partial charge in [-0.15, -0.1) is 0 Å². The normalized spacial score (nSPS) is 17.0. The summed E-state index contributed by atoms with van der Waals surface area (Å²) < 4.78 is 43.6. The molecular weight excluding hydrogens is 398 g/mol. The van der Waals surface area contributed by atoms with Crippen LogP contribution < -0.4 is 9.47 Å². The number of halogens is 2. The van der Waals surface area contributed by atoms with Crippen molar-refractivity contribution in [2.45, 2.75) is 32.0 Å². The number of nitrogens with zero attached hydrogens (tertiary/aromatic N) is 2. The van der Waals surface area contributed by atoms with Crippen molar-refractivity contribution in [2.75, 3.05) is 20.2 Å². The second kappa shape index (κ2) is 7.23. The highest BCUT2D eigenvalue weighted by atomic mass is 19.1. The van der Waals surface area contributed by atoms with Gasteiger partial charge in [0.05, 0.1) is 32.0 Å². The van der Waals surface area contributed by atoms with Crippen molar-refractivity contribution < 1.29 is 32.6 Å². The van der Waals surface area contributed by atoms with Crippen LogP contribution in [0.4, 0.5) is 8.78 Å². The summed E-state index contributed by atoms with van der Waals surface area (Å²) in [6, 6.07) is 4.04. The maximum Gasteiger partial charge on any atom is 0.338 e. The number of hydrogen-bond acceptors (Lipinski definition) is 6. The van der Waals surface area contributed by atoms with Crippen LogP contribution >= 0.6 is 0 Å². The van der Waals surface area contributed by atoms with E-state index in [4.69, 9.17) is 14.2 Å². The minimum absolute atomic E-state index is 0.0490. The fourth-order valence-electron chi connectivity index (χ4n) is 3.49. The summed E-state index contributed by atoms with van der Waals surface area (Å²) in [5.41, 5.74) is 0.174. The molecule has 0 N–H and O–H groups in total. The number of aromatic nitrogens is 1. The molecule has 0 aliphatic carbocycles. The van der Waals surface area contributed by atoms with Crippen LogP contribution in [0.2, 0.25) is 0 Å². The molecule has 2 aromatic rings. The number of carbonyl (C=O) groups excluding carboxylic acids is 2. The third kappa shape index (κ3) is 3.67. The molecule has 1 amide bonds. The maximum atomic E-state index is 13.9. The second-order valence-electron chi connectivity index (χ2n) is 7.89. The summed E-state index contributed by atoms with van der Waals surface area (Å²) in [6.45, 7) is 3.66. The van der Waals surface area contributed by atoms with E-state index in [2.05, 4.69) is 4.98 Å². The van der Waals surface area contributed by atoms with E-state index in [1.165, 1.54) is 18.1 Å². The van der Waals surface area contributed by atoms with Crippen molar-refractivity contribution in [2.24, 2.45) is 0 Å². The molecule has 1 aromatic carbocycles. The van der Waals surface area contributed by atoms with Gasteiger partial charge < -0.3 is 19.1 Å². The summed E-state index contributed by atoms with van der Waals surface area (Å²) in [7, 11) is 1.25. The van der Waals surface area contributed by atoms with E-state index in [9.17, 15) is 18.4 Å². The average Bonchev–Trinajstić information content (AvgIpc) is 2.98. The Bertz CT molecular complexity index is 1030. The lowest BCUT2D eigenvalue weighted by atomic mass is 9.99. The molecule has 0 spiro atoms. The number of methoxy groups -OCH3 is 1. The number of fused-ring (bicyclic) bond motifs is 1. The SMILES string of the molecule is COC(=O)c1cc(Oc2cc(F)cnc2C(=O)N2CC(F)C2)c2c(c1)OC(C)(C)C2. The van der Waals surface area contributed by atoms with Gasteiger partial charge in [0, 0.05) is 18.1 Å². The molecule has 9 heteroatoms. The minimum atomic E-state index is -1.09. The van der Waals surface area contributed by atoms with Crippen LogP contribution in [0.3, 0.4) is 0 Å². The summed E-state index contributed by atoms with van der Waals surface area (Å²) in [4.78, 5) is 29.8. The number of hydrogen-bond donors (Lipinski definition) is 0. The van der Waals surface area contributed by atoms with Gasteiger partial charge >= 0.3 is 5.97 Å². The smallest absolute Gasteiger partial charge is 0.338 e. The Balaban J connectivity index is 1.74. The molecule has 158 valence electrons. The van der Waals surface area contributed by atoms with Gasteiger partial charge in [0.15, 0.2) is 11.4 Å². The highest BCUT2D eigenvalue weighted by Gasteiger charge is 2.36. The van der Waals surface area contributed by atoms with Crippen molar-refractivity contribution in [1.82, 2.24) is 9.88 Å². The zero-order valence-corrected chi connectivity index (χ0v) is 16.7. The van der Waals surface area contributed by atoms with Gasteiger partial charge in [-0.05, 0) is 26.0 Å². The Morgan fingerprint density at radius 2 is 1.97 bits per heavy atom. The van der Waals surface area contributed by atoms with E-state index in [-0.39, 0.29) is 35.8 Å². The zero-order valence-electron chi connectivity index (χ0n) is 16.7. The van der Waals surface area contributed by atoms with Crippen LogP contribution in [-0.4, -0.2) is 53.7 Å². The van der Waals surface area contributed by atoms with Gasteiger partial charge in [0.2, 0.25) is 0 Å². The van der Waals surface area contributed by atoms with Gasteiger partial charge in [-0.1, -0.05) is 0 Å². The first-order chi connectivity index (χ1) is 14.2. The topological polar surface area (TPSA) is 78.0 Å². The van der Waals surface area contributed by atoms with E-state index in [1.54, 1.807) is 6.07 Å². The summed E-state index contributed by atoms with van der Waals surface area (Å²) in [6.07, 6.45) is 0.285. The number of alkyl halides is 1. The van der Waals surface area contributed by atoms with Crippen molar-refractivity contribution in [1.29, 1.82) is 0 Å². The molecule has 0 radical (unpaired) electrons. The number of rotatable bonds is 4. The third-order valence-corrected chi connectivity index (χ3v) is 4.94. The lowest BCUT2D eigenvalue weighted by Gasteiger charge is -2.34. The molecule has 1 aromatic heterocycles. The van der Waals surface area contributed by atoms with E-state index >= 15 is 0 Å². The molecule has 3 heterocycles. The average molecular weight is 418 g/mol. The zero-order chi connectivity index (χ0) is 21.6. The molecule has 7 nitrogen and oxygen atoms in total. The minimum Gasteiger partial charge on any atom is -0.487 e. The first kappa shape index (κ1) is 20.1. The molecule has 30 heavy (non-hydrogen) atoms. The number of benzene rings is 1. The number of carbonyl (C=O) groups is 2. The van der Waals surface area contributed by atoms with E-state index < -0.39 is 29.5 Å². The molecule has 0 atom stereocenters. The highest BCUT2D eigenvalue weighted by Crippen LogP contribution is 2.43. The Morgan fingerprint density at radius 3 is 2.63 bits per heavy atom. The summed E-state index contributed by atoms with van der Waals surface area (Å²) in [5, 5.41) is 0. The van der Waals surface area contributed by atoms with E-state index in [0.717, 1.165) is 12.3 Å². The van der Waals surface area contributed by atoms with Crippen LogP contribution in [0.15, 0.2) is 24.4 Å². The lowest BCUT2D eigenvalue weighted by molar-refractivity contribution is 0.0391. The molecule has 0 bridgehead atoms. The van der Waals surface area contributed by atoms with Gasteiger partial charge in [0.1, 0.15) is 29.1 Å². The quantitative estimate of drug-likeness (QED) is 0.709. The molecule has 2 aliphatic heterocycles.